The molecule has 1 aromatic carbocycles. The minimum absolute atomic E-state index is 0.127. The molecular formula is C20H23NO. The van der Waals surface area contributed by atoms with Gasteiger partial charge in [-0.25, -0.2) is 0 Å². The third-order valence-electron chi connectivity index (χ3n) is 3.76. The Bertz CT molecular complexity index is 759. The molecule has 2 nitrogen and oxygen atoms in total. The predicted molar refractivity (Wildman–Crippen MR) is 94.4 cm³/mol. The van der Waals surface area contributed by atoms with E-state index in [1.807, 2.05) is 49.4 Å². The third-order valence-corrected chi connectivity index (χ3v) is 3.76. The molecule has 0 fully saturated rings. The quantitative estimate of drug-likeness (QED) is 0.537. The normalized spacial score (nSPS) is 11.8. The molecule has 2 aromatic rings. The van der Waals surface area contributed by atoms with Crippen LogP contribution in [0.15, 0.2) is 60.7 Å². The van der Waals surface area contributed by atoms with Crippen LogP contribution in [-0.2, 0) is 13.0 Å². The Kier molecular flexibility index (Phi) is 5.16. The van der Waals surface area contributed by atoms with Crippen LogP contribution in [0.2, 0.25) is 0 Å². The van der Waals surface area contributed by atoms with Gasteiger partial charge in [0.25, 0.3) is 0 Å². The Balaban J connectivity index is 2.53. The zero-order valence-electron chi connectivity index (χ0n) is 13.6. The molecule has 1 heterocycles. The molecule has 0 aliphatic heterocycles. The number of hydrogen-bond donors (Lipinski definition) is 0. The van der Waals surface area contributed by atoms with Crippen LogP contribution < -0.4 is 0 Å². The molecule has 0 N–H and O–H groups in total. The lowest BCUT2D eigenvalue weighted by Crippen LogP contribution is -2.06. The van der Waals surface area contributed by atoms with Gasteiger partial charge in [0.15, 0.2) is 5.78 Å². The maximum atomic E-state index is 12.1. The molecule has 2 heteroatoms. The summed E-state index contributed by atoms with van der Waals surface area (Å²) in [5.41, 5.74) is 4.06. The highest BCUT2D eigenvalue weighted by atomic mass is 16.1. The number of carbonyl (C=O) groups is 1. The van der Waals surface area contributed by atoms with Crippen molar-refractivity contribution >= 4 is 16.7 Å². The van der Waals surface area contributed by atoms with Gasteiger partial charge in [-0.2, -0.15) is 0 Å². The molecule has 0 saturated carbocycles. The second kappa shape index (κ2) is 7.08. The zero-order valence-corrected chi connectivity index (χ0v) is 13.6. The first-order valence-electron chi connectivity index (χ1n) is 7.68. The van der Waals surface area contributed by atoms with Crippen LogP contribution in [0.5, 0.6) is 0 Å². The van der Waals surface area contributed by atoms with Crippen LogP contribution in [0.25, 0.3) is 10.9 Å². The minimum atomic E-state index is 0.127. The largest absolute Gasteiger partial charge is 0.339 e. The number of rotatable bonds is 6. The number of allylic oxidation sites excluding steroid dienone is 5. The second-order valence-electron chi connectivity index (χ2n) is 5.38. The molecule has 1 aromatic heterocycles. The van der Waals surface area contributed by atoms with E-state index in [1.54, 1.807) is 6.92 Å². The van der Waals surface area contributed by atoms with Crippen molar-refractivity contribution in [2.24, 2.45) is 0 Å². The molecule has 0 unspecified atom stereocenters. The van der Waals surface area contributed by atoms with Crippen molar-refractivity contribution < 1.29 is 4.79 Å². The van der Waals surface area contributed by atoms with Gasteiger partial charge in [0.2, 0.25) is 0 Å². The van der Waals surface area contributed by atoms with Crippen molar-refractivity contribution in [2.45, 2.75) is 33.7 Å². The van der Waals surface area contributed by atoms with Crippen LogP contribution in [0.1, 0.15) is 36.8 Å². The van der Waals surface area contributed by atoms with Crippen molar-refractivity contribution in [1.82, 2.24) is 4.57 Å². The molecule has 0 amide bonds. The Morgan fingerprint density at radius 2 is 2.00 bits per heavy atom. The van der Waals surface area contributed by atoms with Crippen LogP contribution in [0, 0.1) is 0 Å². The Morgan fingerprint density at radius 3 is 2.64 bits per heavy atom. The highest BCUT2D eigenvalue weighted by Gasteiger charge is 2.18. The number of benzene rings is 1. The van der Waals surface area contributed by atoms with E-state index in [0.29, 0.717) is 6.54 Å². The molecule has 0 aliphatic carbocycles. The lowest BCUT2D eigenvalue weighted by Gasteiger charge is -2.10. The Labute approximate surface area is 132 Å². The molecule has 22 heavy (non-hydrogen) atoms. The minimum Gasteiger partial charge on any atom is -0.339 e. The summed E-state index contributed by atoms with van der Waals surface area (Å²) < 4.78 is 2.22. The van der Waals surface area contributed by atoms with Crippen molar-refractivity contribution in [1.29, 1.82) is 0 Å². The first-order chi connectivity index (χ1) is 10.6. The summed E-state index contributed by atoms with van der Waals surface area (Å²) in [6.07, 6.45) is 8.81. The topological polar surface area (TPSA) is 22.0 Å². The van der Waals surface area contributed by atoms with Crippen molar-refractivity contribution in [3.05, 3.63) is 72.0 Å². The summed E-state index contributed by atoms with van der Waals surface area (Å²) in [5.74, 6) is 0.127. The van der Waals surface area contributed by atoms with Gasteiger partial charge in [-0.3, -0.25) is 4.79 Å². The number of nitrogens with zero attached hydrogens (tertiary/aromatic N) is 1. The summed E-state index contributed by atoms with van der Waals surface area (Å²) in [6, 6.07) is 8.10. The standard InChI is InChI=1S/C20H23NO/c1-5-7-8-11-15(3)14-21-18(6-2)20(16(4)22)17-12-9-10-13-19(17)21/h5,7-13H,3,6,14H2,1-2,4H3/b7-5-,11-8-. The van der Waals surface area contributed by atoms with E-state index in [9.17, 15) is 4.79 Å². The van der Waals surface area contributed by atoms with E-state index < -0.39 is 0 Å². The van der Waals surface area contributed by atoms with Crippen molar-refractivity contribution in [3.8, 4) is 0 Å². The molecule has 0 saturated heterocycles. The van der Waals surface area contributed by atoms with E-state index in [-0.39, 0.29) is 5.78 Å². The maximum absolute atomic E-state index is 12.1. The molecule has 0 atom stereocenters. The highest BCUT2D eigenvalue weighted by molar-refractivity contribution is 6.08. The number of ketones is 1. The van der Waals surface area contributed by atoms with Crippen LogP contribution in [0.3, 0.4) is 0 Å². The summed E-state index contributed by atoms with van der Waals surface area (Å²) >= 11 is 0. The SMILES string of the molecule is C=C(/C=C\C=C/C)Cn1c(CC)c(C(C)=O)c2ccccc21. The summed E-state index contributed by atoms with van der Waals surface area (Å²) in [6.45, 7) is 10.6. The van der Waals surface area contributed by atoms with Gasteiger partial charge < -0.3 is 4.57 Å². The van der Waals surface area contributed by atoms with Gasteiger partial charge in [0.1, 0.15) is 0 Å². The molecule has 0 aliphatic rings. The maximum Gasteiger partial charge on any atom is 0.162 e. The number of fused-ring (bicyclic) bond motifs is 1. The summed E-state index contributed by atoms with van der Waals surface area (Å²) in [5, 5.41) is 1.04. The molecule has 0 bridgehead atoms. The lowest BCUT2D eigenvalue weighted by atomic mass is 10.1. The monoisotopic (exact) mass is 293 g/mol. The fourth-order valence-corrected chi connectivity index (χ4v) is 2.86. The number of hydrogen-bond acceptors (Lipinski definition) is 1. The lowest BCUT2D eigenvalue weighted by molar-refractivity contribution is 0.101. The number of aromatic nitrogens is 1. The van der Waals surface area contributed by atoms with Crippen LogP contribution in [-0.4, -0.2) is 10.4 Å². The first-order valence-corrected chi connectivity index (χ1v) is 7.68. The van der Waals surface area contributed by atoms with Gasteiger partial charge in [-0.1, -0.05) is 56.0 Å². The van der Waals surface area contributed by atoms with Gasteiger partial charge in [0, 0.05) is 28.7 Å². The van der Waals surface area contributed by atoms with Gasteiger partial charge >= 0.3 is 0 Å². The predicted octanol–water partition coefficient (Wildman–Crippen LogP) is 5.09. The number of carbonyl (C=O) groups excluding carboxylic acids is 1. The molecule has 114 valence electrons. The van der Waals surface area contributed by atoms with Crippen molar-refractivity contribution in [3.63, 3.8) is 0 Å². The fourth-order valence-electron chi connectivity index (χ4n) is 2.86. The smallest absolute Gasteiger partial charge is 0.162 e. The third kappa shape index (κ3) is 3.11. The van der Waals surface area contributed by atoms with E-state index >= 15 is 0 Å². The van der Waals surface area contributed by atoms with Crippen LogP contribution in [0.4, 0.5) is 0 Å². The molecule has 0 radical (unpaired) electrons. The Hall–Kier alpha value is -2.35. The Morgan fingerprint density at radius 1 is 1.27 bits per heavy atom. The average Bonchev–Trinajstić information content (AvgIpc) is 2.81. The molecule has 2 rings (SSSR count). The molecule has 0 spiro atoms. The first kappa shape index (κ1) is 16.0. The van der Waals surface area contributed by atoms with E-state index in [4.69, 9.17) is 0 Å². The fraction of sp³-hybridized carbons (Fsp3) is 0.250. The number of Topliss-reactive ketones (excluding diaryl/α,β-unsaturated/α-hetero) is 1. The van der Waals surface area contributed by atoms with Crippen molar-refractivity contribution in [2.75, 3.05) is 0 Å². The van der Waals surface area contributed by atoms with E-state index in [2.05, 4.69) is 24.1 Å². The van der Waals surface area contributed by atoms with Crippen LogP contribution >= 0.6 is 0 Å². The zero-order chi connectivity index (χ0) is 16.1. The van der Waals surface area contributed by atoms with Gasteiger partial charge in [-0.15, -0.1) is 0 Å². The van der Waals surface area contributed by atoms with E-state index in [0.717, 1.165) is 34.2 Å². The second-order valence-corrected chi connectivity index (χ2v) is 5.38. The van der Waals surface area contributed by atoms with Gasteiger partial charge in [-0.05, 0) is 31.9 Å². The number of para-hydroxylation sites is 1. The van der Waals surface area contributed by atoms with Gasteiger partial charge in [0.05, 0.1) is 0 Å². The molecular weight excluding hydrogens is 270 g/mol. The highest BCUT2D eigenvalue weighted by Crippen LogP contribution is 2.28. The average molecular weight is 293 g/mol. The summed E-state index contributed by atoms with van der Waals surface area (Å²) in [4.78, 5) is 12.1. The summed E-state index contributed by atoms with van der Waals surface area (Å²) in [7, 11) is 0. The van der Waals surface area contributed by atoms with E-state index in [1.165, 1.54) is 0 Å².